The average Bonchev–Trinajstić information content (AvgIpc) is 3.09. The fraction of sp³-hybridized carbons (Fsp3) is 0.476. The number of aldehydes is 1. The summed E-state index contributed by atoms with van der Waals surface area (Å²) in [5.74, 6) is 0.741. The molecule has 0 bridgehead atoms. The van der Waals surface area contributed by atoms with E-state index in [0.29, 0.717) is 28.9 Å². The highest BCUT2D eigenvalue weighted by Gasteiger charge is 2.40. The fourth-order valence-corrected chi connectivity index (χ4v) is 3.36. The van der Waals surface area contributed by atoms with E-state index in [9.17, 15) is 9.59 Å². The van der Waals surface area contributed by atoms with Crippen LogP contribution in [-0.2, 0) is 10.4 Å². The molecule has 0 spiro atoms. The normalized spacial score (nSPS) is 16.7. The summed E-state index contributed by atoms with van der Waals surface area (Å²) in [5, 5.41) is 0. The van der Waals surface area contributed by atoms with Crippen LogP contribution in [0.5, 0.6) is 0 Å². The highest BCUT2D eigenvalue weighted by molar-refractivity contribution is 5.72. The third-order valence-electron chi connectivity index (χ3n) is 4.74. The van der Waals surface area contributed by atoms with E-state index in [1.54, 1.807) is 52.1 Å². The molecule has 0 radical (unpaired) electrons. The molecular formula is C21H25FN2O4. The monoisotopic (exact) mass is 388 g/mol. The number of carbonyl (C=O) groups excluding carboxylic acids is 2. The van der Waals surface area contributed by atoms with Crippen LogP contribution in [0.4, 0.5) is 9.18 Å². The van der Waals surface area contributed by atoms with Gasteiger partial charge in [0.05, 0.1) is 5.69 Å². The molecule has 1 aliphatic heterocycles. The van der Waals surface area contributed by atoms with E-state index in [1.807, 2.05) is 0 Å². The summed E-state index contributed by atoms with van der Waals surface area (Å²) in [6, 6.07) is 5.07. The number of rotatable bonds is 3. The Kier molecular flexibility index (Phi) is 5.28. The summed E-state index contributed by atoms with van der Waals surface area (Å²) in [5.41, 5.74) is -0.412. The van der Waals surface area contributed by atoms with Gasteiger partial charge in [-0.15, -0.1) is 0 Å². The molecule has 2 aromatic rings. The minimum absolute atomic E-state index is 0.162. The Balaban J connectivity index is 1.73. The van der Waals surface area contributed by atoms with Gasteiger partial charge in [0.2, 0.25) is 0 Å². The fourth-order valence-electron chi connectivity index (χ4n) is 3.36. The van der Waals surface area contributed by atoms with Crippen molar-refractivity contribution >= 4 is 12.4 Å². The van der Waals surface area contributed by atoms with Crippen molar-refractivity contribution in [2.75, 3.05) is 13.1 Å². The van der Waals surface area contributed by atoms with E-state index in [-0.39, 0.29) is 31.7 Å². The van der Waals surface area contributed by atoms with Crippen molar-refractivity contribution in [3.8, 4) is 11.3 Å². The lowest BCUT2D eigenvalue weighted by Gasteiger charge is -2.37. The minimum atomic E-state index is -1.60. The molecule has 150 valence electrons. The van der Waals surface area contributed by atoms with Gasteiger partial charge in [-0.1, -0.05) is 0 Å². The molecular weight excluding hydrogens is 363 g/mol. The molecule has 0 aliphatic carbocycles. The number of likely N-dealkylation sites (tertiary alicyclic amines) is 1. The smallest absolute Gasteiger partial charge is 0.410 e. The maximum atomic E-state index is 15.6. The molecule has 1 aliphatic rings. The molecule has 0 saturated carbocycles. The van der Waals surface area contributed by atoms with Gasteiger partial charge >= 0.3 is 6.09 Å². The molecule has 3 rings (SSSR count). The van der Waals surface area contributed by atoms with Crippen molar-refractivity contribution in [3.05, 3.63) is 41.4 Å². The minimum Gasteiger partial charge on any atom is -0.453 e. The Hall–Kier alpha value is -2.70. The van der Waals surface area contributed by atoms with Crippen LogP contribution in [0.1, 0.15) is 55.4 Å². The molecule has 0 unspecified atom stereocenters. The van der Waals surface area contributed by atoms with Crippen LogP contribution in [0.15, 0.2) is 28.8 Å². The lowest BCUT2D eigenvalue weighted by atomic mass is 9.87. The maximum absolute atomic E-state index is 15.6. The van der Waals surface area contributed by atoms with Crippen LogP contribution in [0.3, 0.4) is 0 Å². The number of piperidine rings is 1. The summed E-state index contributed by atoms with van der Waals surface area (Å²) in [4.78, 5) is 28.9. The lowest BCUT2D eigenvalue weighted by Crippen LogP contribution is -2.45. The summed E-state index contributed by atoms with van der Waals surface area (Å²) >= 11 is 0. The van der Waals surface area contributed by atoms with Crippen LogP contribution >= 0.6 is 0 Å². The second-order valence-corrected chi connectivity index (χ2v) is 8.14. The highest BCUT2D eigenvalue weighted by atomic mass is 19.1. The zero-order valence-electron chi connectivity index (χ0n) is 16.6. The van der Waals surface area contributed by atoms with Crippen molar-refractivity contribution < 1.29 is 23.1 Å². The van der Waals surface area contributed by atoms with E-state index < -0.39 is 17.4 Å². The Morgan fingerprint density at radius 1 is 1.32 bits per heavy atom. The van der Waals surface area contributed by atoms with E-state index in [0.717, 1.165) is 0 Å². The Morgan fingerprint density at radius 2 is 2.00 bits per heavy atom. The number of furan rings is 1. The van der Waals surface area contributed by atoms with Gasteiger partial charge in [-0.25, -0.2) is 9.18 Å². The number of carbonyl (C=O) groups is 2. The molecule has 1 amide bonds. The molecule has 1 saturated heterocycles. The molecule has 1 fully saturated rings. The molecule has 6 nitrogen and oxygen atoms in total. The number of aryl methyl sites for hydroxylation is 1. The van der Waals surface area contributed by atoms with Crippen molar-refractivity contribution in [1.82, 2.24) is 9.88 Å². The van der Waals surface area contributed by atoms with E-state index in [4.69, 9.17) is 9.15 Å². The molecule has 2 aromatic heterocycles. The Labute approximate surface area is 163 Å². The Bertz CT molecular complexity index is 877. The Morgan fingerprint density at radius 3 is 2.54 bits per heavy atom. The average molecular weight is 388 g/mol. The van der Waals surface area contributed by atoms with Gasteiger partial charge in [-0.3, -0.25) is 9.78 Å². The highest BCUT2D eigenvalue weighted by Crippen LogP contribution is 2.38. The molecule has 7 heteroatoms. The first kappa shape index (κ1) is 20.0. The van der Waals surface area contributed by atoms with E-state index in [2.05, 4.69) is 4.98 Å². The van der Waals surface area contributed by atoms with Gasteiger partial charge in [0.1, 0.15) is 11.4 Å². The van der Waals surface area contributed by atoms with Crippen LogP contribution < -0.4 is 0 Å². The lowest BCUT2D eigenvalue weighted by molar-refractivity contribution is 0.00113. The van der Waals surface area contributed by atoms with Crippen LogP contribution in [0.25, 0.3) is 11.3 Å². The van der Waals surface area contributed by atoms with Gasteiger partial charge in [-0.05, 0) is 51.5 Å². The largest absolute Gasteiger partial charge is 0.453 e. The number of hydrogen-bond acceptors (Lipinski definition) is 5. The first-order valence-corrected chi connectivity index (χ1v) is 9.31. The number of amides is 1. The third-order valence-corrected chi connectivity index (χ3v) is 4.74. The molecule has 3 heterocycles. The first-order chi connectivity index (χ1) is 13.1. The predicted molar refractivity (Wildman–Crippen MR) is 102 cm³/mol. The summed E-state index contributed by atoms with van der Waals surface area (Å²) in [6.45, 7) is 7.77. The number of halogens is 1. The molecule has 28 heavy (non-hydrogen) atoms. The zero-order chi connectivity index (χ0) is 20.5. The quantitative estimate of drug-likeness (QED) is 0.715. The van der Waals surface area contributed by atoms with E-state index in [1.165, 1.54) is 4.90 Å². The standard InChI is InChI=1S/C21H25FN2O4/c1-14-11-15(17-6-5-16(13-25)27-17)12-23-18(14)21(22)7-9-24(10-8-21)19(26)28-20(2,3)4/h5-6,11-13H,7-10H2,1-4H3. The van der Waals surface area contributed by atoms with Crippen LogP contribution in [0, 0.1) is 6.92 Å². The molecule has 0 atom stereocenters. The van der Waals surface area contributed by atoms with Crippen molar-refractivity contribution in [3.63, 3.8) is 0 Å². The number of hydrogen-bond donors (Lipinski definition) is 0. The van der Waals surface area contributed by atoms with Gasteiger partial charge < -0.3 is 14.1 Å². The van der Waals surface area contributed by atoms with Crippen molar-refractivity contribution in [2.24, 2.45) is 0 Å². The first-order valence-electron chi connectivity index (χ1n) is 9.31. The van der Waals surface area contributed by atoms with Crippen molar-refractivity contribution in [1.29, 1.82) is 0 Å². The number of aromatic nitrogens is 1. The van der Waals surface area contributed by atoms with Gasteiger partial charge in [0, 0.05) is 37.7 Å². The predicted octanol–water partition coefficient (Wildman–Crippen LogP) is 4.66. The number of nitrogens with zero attached hydrogens (tertiary/aromatic N) is 2. The molecule has 0 aromatic carbocycles. The topological polar surface area (TPSA) is 72.6 Å². The second kappa shape index (κ2) is 7.37. The summed E-state index contributed by atoms with van der Waals surface area (Å²) in [6.07, 6.45) is 2.09. The number of ether oxygens (including phenoxy) is 1. The zero-order valence-corrected chi connectivity index (χ0v) is 16.6. The molecule has 0 N–H and O–H groups in total. The van der Waals surface area contributed by atoms with Gasteiger partial charge in [0.25, 0.3) is 0 Å². The van der Waals surface area contributed by atoms with Gasteiger partial charge in [-0.2, -0.15) is 0 Å². The van der Waals surface area contributed by atoms with Crippen LogP contribution in [-0.4, -0.2) is 41.0 Å². The summed E-state index contributed by atoms with van der Waals surface area (Å²) < 4.78 is 26.4. The number of pyridine rings is 1. The SMILES string of the molecule is Cc1cc(-c2ccc(C=O)o2)cnc1C1(F)CCN(C(=O)OC(C)(C)C)CC1. The second-order valence-electron chi connectivity index (χ2n) is 8.14. The van der Waals surface area contributed by atoms with Crippen molar-refractivity contribution in [2.45, 2.75) is 51.8 Å². The summed E-state index contributed by atoms with van der Waals surface area (Å²) in [7, 11) is 0. The maximum Gasteiger partial charge on any atom is 0.410 e. The third kappa shape index (κ3) is 4.24. The van der Waals surface area contributed by atoms with Gasteiger partial charge in [0.15, 0.2) is 17.7 Å². The number of alkyl halides is 1. The van der Waals surface area contributed by atoms with E-state index >= 15 is 4.39 Å². The van der Waals surface area contributed by atoms with Crippen LogP contribution in [0.2, 0.25) is 0 Å².